The Labute approximate surface area is 157 Å². The monoisotopic (exact) mass is 422 g/mol. The van der Waals surface area contributed by atoms with Gasteiger partial charge in [-0.15, -0.1) is 0 Å². The molecule has 2 aromatic rings. The lowest BCUT2D eigenvalue weighted by Gasteiger charge is -2.05. The molecule has 2 aromatic carbocycles. The molecule has 0 saturated heterocycles. The van der Waals surface area contributed by atoms with E-state index in [4.69, 9.17) is 9.11 Å². The van der Waals surface area contributed by atoms with Crippen LogP contribution in [0.15, 0.2) is 50.1 Å². The van der Waals surface area contributed by atoms with Crippen molar-refractivity contribution in [1.82, 2.24) is 0 Å². The summed E-state index contributed by atoms with van der Waals surface area (Å²) in [5.41, 5.74) is -0.464. The standard InChI is InChI=1S/C16H10N2O8S2/c19-15-12(28(24,25)26)4-3-10-13(15)16(20)14(18-10)11-6-7-5-8(27(21,22)23)1-2-9(7)17-11/h1-6,11,19H,(H,21,22,23)(H,24,25,26). The lowest BCUT2D eigenvalue weighted by Crippen LogP contribution is -2.22. The summed E-state index contributed by atoms with van der Waals surface area (Å²) in [7, 11) is -9.15. The van der Waals surface area contributed by atoms with Gasteiger partial charge in [-0.05, 0) is 41.6 Å². The van der Waals surface area contributed by atoms with Gasteiger partial charge in [-0.2, -0.15) is 16.8 Å². The summed E-state index contributed by atoms with van der Waals surface area (Å²) in [6, 6.07) is 4.89. The Morgan fingerprint density at radius 1 is 0.964 bits per heavy atom. The summed E-state index contributed by atoms with van der Waals surface area (Å²) >= 11 is 0. The molecule has 0 amide bonds. The van der Waals surface area contributed by atoms with Crippen LogP contribution < -0.4 is 10.6 Å². The molecule has 0 aromatic heterocycles. The first kappa shape index (κ1) is 18.4. The molecule has 1 atom stereocenters. The highest BCUT2D eigenvalue weighted by Gasteiger charge is 2.35. The summed E-state index contributed by atoms with van der Waals surface area (Å²) in [4.78, 5) is 19.9. The number of fused-ring (bicyclic) bond motifs is 2. The molecule has 3 N–H and O–H groups in total. The first-order valence-corrected chi connectivity index (χ1v) is 10.5. The molecule has 1 unspecified atom stereocenters. The molecule has 0 aliphatic carbocycles. The third-order valence-electron chi connectivity index (χ3n) is 4.29. The van der Waals surface area contributed by atoms with Gasteiger partial charge in [0.25, 0.3) is 20.2 Å². The van der Waals surface area contributed by atoms with E-state index in [1.54, 1.807) is 0 Å². The van der Waals surface area contributed by atoms with Crippen molar-refractivity contribution < 1.29 is 35.8 Å². The van der Waals surface area contributed by atoms with E-state index in [0.717, 1.165) is 12.1 Å². The second-order valence-electron chi connectivity index (χ2n) is 6.04. The Morgan fingerprint density at radius 2 is 1.68 bits per heavy atom. The van der Waals surface area contributed by atoms with E-state index < -0.39 is 42.7 Å². The molecular weight excluding hydrogens is 412 g/mol. The number of nitrogens with zero attached hydrogens (tertiary/aromatic N) is 2. The van der Waals surface area contributed by atoms with Gasteiger partial charge >= 0.3 is 0 Å². The minimum atomic E-state index is -4.74. The fraction of sp³-hybridized carbons (Fsp3) is 0.0625. The first-order valence-electron chi connectivity index (χ1n) is 7.61. The normalized spacial score (nSPS) is 18.1. The zero-order valence-corrected chi connectivity index (χ0v) is 15.3. The number of aliphatic imine (C=N–C) groups is 1. The van der Waals surface area contributed by atoms with Crippen LogP contribution in [0.3, 0.4) is 0 Å². The smallest absolute Gasteiger partial charge is 0.298 e. The second-order valence-corrected chi connectivity index (χ2v) is 8.86. The third kappa shape index (κ3) is 2.82. The highest BCUT2D eigenvalue weighted by atomic mass is 32.2. The zero-order chi connectivity index (χ0) is 20.4. The molecule has 12 heteroatoms. The lowest BCUT2D eigenvalue weighted by molar-refractivity contribution is 0.106. The fourth-order valence-electron chi connectivity index (χ4n) is 3.04. The Hall–Kier alpha value is -2.93. The molecule has 10 nitrogen and oxygen atoms in total. The van der Waals surface area contributed by atoms with Gasteiger partial charge in [0.2, 0.25) is 5.78 Å². The quantitative estimate of drug-likeness (QED) is 0.563. The molecule has 2 heterocycles. The van der Waals surface area contributed by atoms with Crippen molar-refractivity contribution in [3.8, 4) is 5.75 Å². The van der Waals surface area contributed by atoms with Gasteiger partial charge in [0.1, 0.15) is 22.4 Å². The average molecular weight is 422 g/mol. The minimum absolute atomic E-state index is 0.0167. The van der Waals surface area contributed by atoms with Crippen LogP contribution in [0.2, 0.25) is 0 Å². The van der Waals surface area contributed by atoms with E-state index in [2.05, 4.69) is 9.98 Å². The van der Waals surface area contributed by atoms with Crippen molar-refractivity contribution in [3.05, 3.63) is 46.5 Å². The number of Topliss-reactive ketones (excluding diaryl/α,β-unsaturated/α-hetero) is 1. The molecule has 2 aliphatic heterocycles. The van der Waals surface area contributed by atoms with E-state index in [1.165, 1.54) is 24.3 Å². The predicted molar refractivity (Wildman–Crippen MR) is 94.6 cm³/mol. The first-order chi connectivity index (χ1) is 13.0. The molecule has 144 valence electrons. The minimum Gasteiger partial charge on any atom is -0.506 e. The highest BCUT2D eigenvalue weighted by molar-refractivity contribution is 7.86. The maximum Gasteiger partial charge on any atom is 0.298 e. The number of rotatable bonds is 3. The van der Waals surface area contributed by atoms with Crippen molar-refractivity contribution in [2.24, 2.45) is 9.98 Å². The number of benzene rings is 2. The van der Waals surface area contributed by atoms with Gasteiger partial charge in [-0.25, -0.2) is 4.99 Å². The molecular formula is C16H10N2O8S2. The van der Waals surface area contributed by atoms with Gasteiger partial charge in [-0.3, -0.25) is 18.9 Å². The number of phenolic OH excluding ortho intramolecular Hbond substituents is 1. The van der Waals surface area contributed by atoms with Gasteiger partial charge in [0, 0.05) is 0 Å². The molecule has 0 saturated carbocycles. The second kappa shape index (κ2) is 5.78. The van der Waals surface area contributed by atoms with Crippen molar-refractivity contribution in [3.63, 3.8) is 0 Å². The maximum absolute atomic E-state index is 12.7. The summed E-state index contributed by atoms with van der Waals surface area (Å²) in [5, 5.41) is 10.8. The van der Waals surface area contributed by atoms with Gasteiger partial charge < -0.3 is 5.11 Å². The van der Waals surface area contributed by atoms with Crippen molar-refractivity contribution in [2.45, 2.75) is 15.8 Å². The zero-order valence-electron chi connectivity index (χ0n) is 13.6. The van der Waals surface area contributed by atoms with Crippen LogP contribution in [0.5, 0.6) is 5.75 Å². The molecule has 0 fully saturated rings. The number of carbonyl (C=O) groups is 1. The van der Waals surface area contributed by atoms with E-state index in [0.29, 0.717) is 10.6 Å². The third-order valence-corrected chi connectivity index (χ3v) is 6.02. The maximum atomic E-state index is 12.7. The SMILES string of the molecule is O=C1C(C2C=c3cc(S(=O)(=O)O)ccc3=N2)=Nc2ccc(S(=O)(=O)O)c(O)c21. The van der Waals surface area contributed by atoms with Crippen LogP contribution in [0.25, 0.3) is 6.08 Å². The van der Waals surface area contributed by atoms with E-state index in [1.807, 2.05) is 0 Å². The Balaban J connectivity index is 1.78. The van der Waals surface area contributed by atoms with Crippen LogP contribution in [0.4, 0.5) is 5.69 Å². The Morgan fingerprint density at radius 3 is 2.32 bits per heavy atom. The number of carbonyl (C=O) groups excluding carboxylic acids is 1. The number of phenols is 1. The van der Waals surface area contributed by atoms with Crippen molar-refractivity contribution in [1.29, 1.82) is 0 Å². The van der Waals surface area contributed by atoms with E-state index >= 15 is 0 Å². The molecule has 28 heavy (non-hydrogen) atoms. The Bertz CT molecular complexity index is 1440. The molecule has 2 aliphatic rings. The highest BCUT2D eigenvalue weighted by Crippen LogP contribution is 2.39. The summed E-state index contributed by atoms with van der Waals surface area (Å²) in [6.45, 7) is 0. The van der Waals surface area contributed by atoms with Crippen molar-refractivity contribution >= 4 is 43.5 Å². The molecule has 0 bridgehead atoms. The van der Waals surface area contributed by atoms with Crippen LogP contribution in [-0.4, -0.2) is 48.6 Å². The van der Waals surface area contributed by atoms with Gasteiger partial charge in [-0.1, -0.05) is 0 Å². The predicted octanol–water partition coefficient (Wildman–Crippen LogP) is -0.363. The summed E-state index contributed by atoms with van der Waals surface area (Å²) < 4.78 is 63.4. The molecule has 0 radical (unpaired) electrons. The molecule has 4 rings (SSSR count). The van der Waals surface area contributed by atoms with E-state index in [-0.39, 0.29) is 21.9 Å². The fourth-order valence-corrected chi connectivity index (χ4v) is 4.14. The Kier molecular flexibility index (Phi) is 3.81. The number of hydrogen-bond acceptors (Lipinski definition) is 8. The number of hydrogen-bond donors (Lipinski definition) is 3. The van der Waals surface area contributed by atoms with Gasteiger partial charge in [0.05, 0.1) is 21.5 Å². The summed E-state index contributed by atoms with van der Waals surface area (Å²) in [5.74, 6) is -1.68. The van der Waals surface area contributed by atoms with Crippen LogP contribution >= 0.6 is 0 Å². The lowest BCUT2D eigenvalue weighted by atomic mass is 10.0. The van der Waals surface area contributed by atoms with Crippen LogP contribution in [-0.2, 0) is 20.2 Å². The number of ketones is 1. The largest absolute Gasteiger partial charge is 0.506 e. The summed E-state index contributed by atoms with van der Waals surface area (Å²) in [6.07, 6.45) is 1.45. The van der Waals surface area contributed by atoms with Crippen LogP contribution in [0, 0.1) is 0 Å². The van der Waals surface area contributed by atoms with Crippen LogP contribution in [0.1, 0.15) is 10.4 Å². The average Bonchev–Trinajstić information content (AvgIpc) is 3.13. The van der Waals surface area contributed by atoms with Crippen molar-refractivity contribution in [2.75, 3.05) is 0 Å². The topological polar surface area (TPSA) is 171 Å². The molecule has 0 spiro atoms. The van der Waals surface area contributed by atoms with Gasteiger partial charge in [0.15, 0.2) is 0 Å². The van der Waals surface area contributed by atoms with E-state index in [9.17, 15) is 26.7 Å². The number of aromatic hydroxyl groups is 1.